The molecule has 2 heterocycles. The Balaban J connectivity index is 1.65. The molecule has 0 unspecified atom stereocenters. The summed E-state index contributed by atoms with van der Waals surface area (Å²) < 4.78 is 17.8. The number of aromatic nitrogens is 2. The molecule has 1 saturated heterocycles. The van der Waals surface area contributed by atoms with Crippen LogP contribution in [0.3, 0.4) is 0 Å². The van der Waals surface area contributed by atoms with Crippen LogP contribution in [0.5, 0.6) is 11.5 Å². The summed E-state index contributed by atoms with van der Waals surface area (Å²) in [6, 6.07) is 10.2. The number of nitrogens with zero attached hydrogens (tertiary/aromatic N) is 3. The number of ether oxygens (including phenoxy) is 3. The van der Waals surface area contributed by atoms with Crippen LogP contribution in [-0.4, -0.2) is 66.2 Å². The van der Waals surface area contributed by atoms with E-state index >= 15 is 0 Å². The number of allylic oxidation sites excluding steroid dienone is 1. The van der Waals surface area contributed by atoms with E-state index in [0.29, 0.717) is 67.3 Å². The summed E-state index contributed by atoms with van der Waals surface area (Å²) in [5, 5.41) is 4.49. The second kappa shape index (κ2) is 11.5. The van der Waals surface area contributed by atoms with Gasteiger partial charge in [0.2, 0.25) is 0 Å². The average Bonchev–Trinajstić information content (AvgIpc) is 2.89. The van der Waals surface area contributed by atoms with Gasteiger partial charge in [-0.05, 0) is 43.2 Å². The van der Waals surface area contributed by atoms with E-state index in [1.807, 2.05) is 6.92 Å². The molecule has 36 heavy (non-hydrogen) atoms. The van der Waals surface area contributed by atoms with Gasteiger partial charge in [-0.2, -0.15) is 5.10 Å². The monoisotopic (exact) mass is 492 g/mol. The van der Waals surface area contributed by atoms with Gasteiger partial charge in [0.1, 0.15) is 0 Å². The van der Waals surface area contributed by atoms with Crippen LogP contribution in [0, 0.1) is 0 Å². The molecule has 0 atom stereocenters. The van der Waals surface area contributed by atoms with Crippen LogP contribution in [0.25, 0.3) is 10.9 Å². The molecule has 0 saturated carbocycles. The number of fused-ring (bicyclic) bond motifs is 1. The Morgan fingerprint density at radius 3 is 2.72 bits per heavy atom. The van der Waals surface area contributed by atoms with Crippen LogP contribution >= 0.6 is 0 Å². The summed E-state index contributed by atoms with van der Waals surface area (Å²) in [5.41, 5.74) is 0.587. The van der Waals surface area contributed by atoms with Crippen molar-refractivity contribution in [2.24, 2.45) is 5.10 Å². The molecule has 0 spiro atoms. The molecule has 1 aliphatic heterocycles. The molecule has 0 aliphatic carbocycles. The Morgan fingerprint density at radius 2 is 1.97 bits per heavy atom. The van der Waals surface area contributed by atoms with Crippen molar-refractivity contribution in [2.75, 3.05) is 39.5 Å². The highest BCUT2D eigenvalue weighted by Crippen LogP contribution is 2.33. The van der Waals surface area contributed by atoms with Crippen LogP contribution < -0.4 is 20.7 Å². The second-order valence-corrected chi connectivity index (χ2v) is 8.05. The molecule has 1 aromatic heterocycles. The van der Waals surface area contributed by atoms with Gasteiger partial charge in [-0.15, -0.1) is 11.3 Å². The van der Waals surface area contributed by atoms with Crippen molar-refractivity contribution in [3.63, 3.8) is 0 Å². The van der Waals surface area contributed by atoms with E-state index in [2.05, 4.69) is 16.7 Å². The minimum atomic E-state index is -0.645. The Morgan fingerprint density at radius 1 is 1.19 bits per heavy atom. The molecule has 3 aromatic rings. The maximum Gasteiger partial charge on any atom is 0.349 e. The zero-order valence-corrected chi connectivity index (χ0v) is 20.1. The van der Waals surface area contributed by atoms with Crippen molar-refractivity contribution in [3.8, 4) is 11.5 Å². The van der Waals surface area contributed by atoms with Gasteiger partial charge in [-0.3, -0.25) is 9.59 Å². The van der Waals surface area contributed by atoms with Crippen molar-refractivity contribution in [2.45, 2.75) is 13.3 Å². The molecule has 0 bridgehead atoms. The van der Waals surface area contributed by atoms with E-state index in [9.17, 15) is 14.4 Å². The van der Waals surface area contributed by atoms with E-state index in [-0.39, 0.29) is 12.5 Å². The summed E-state index contributed by atoms with van der Waals surface area (Å²) in [4.78, 5) is 42.2. The summed E-state index contributed by atoms with van der Waals surface area (Å²) in [6.07, 6.45) is 3.56. The lowest BCUT2D eigenvalue weighted by Gasteiger charge is -2.27. The third-order valence-corrected chi connectivity index (χ3v) is 5.63. The molecule has 1 fully saturated rings. The van der Waals surface area contributed by atoms with Crippen LogP contribution in [0.2, 0.25) is 0 Å². The van der Waals surface area contributed by atoms with Crippen molar-refractivity contribution < 1.29 is 19.0 Å². The normalized spacial score (nSPS) is 13.8. The molecular weight excluding hydrogens is 464 g/mol. The summed E-state index contributed by atoms with van der Waals surface area (Å²) in [7, 11) is 0. The van der Waals surface area contributed by atoms with Gasteiger partial charge in [0, 0.05) is 18.7 Å². The first-order valence-corrected chi connectivity index (χ1v) is 11.7. The number of H-pyrrole nitrogens is 1. The lowest BCUT2D eigenvalue weighted by atomic mass is 10.1. The van der Waals surface area contributed by atoms with E-state index in [4.69, 9.17) is 14.2 Å². The molecule has 2 aromatic carbocycles. The number of carbonyl (C=O) groups excluding carboxylic acids is 1. The van der Waals surface area contributed by atoms with Crippen molar-refractivity contribution in [1.82, 2.24) is 14.6 Å². The minimum Gasteiger partial charge on any atom is -0.490 e. The molecule has 4 rings (SSSR count). The smallest absolute Gasteiger partial charge is 0.349 e. The highest BCUT2D eigenvalue weighted by atomic mass is 16.5. The van der Waals surface area contributed by atoms with Crippen LogP contribution in [0.1, 0.15) is 18.1 Å². The number of hydrogen-bond donors (Lipinski definition) is 1. The maximum absolute atomic E-state index is 12.8. The number of hydrogen-bond acceptors (Lipinski definition) is 7. The van der Waals surface area contributed by atoms with Gasteiger partial charge in [0.15, 0.2) is 18.1 Å². The Bertz CT molecular complexity index is 1400. The summed E-state index contributed by atoms with van der Waals surface area (Å²) in [6.45, 7) is 7.95. The van der Waals surface area contributed by atoms with E-state index < -0.39 is 11.2 Å². The van der Waals surface area contributed by atoms with Crippen LogP contribution in [-0.2, 0) is 16.0 Å². The van der Waals surface area contributed by atoms with Crippen LogP contribution in [0.4, 0.5) is 0 Å². The zero-order chi connectivity index (χ0) is 25.5. The van der Waals surface area contributed by atoms with E-state index in [0.717, 1.165) is 10.2 Å². The third kappa shape index (κ3) is 5.55. The molecule has 10 nitrogen and oxygen atoms in total. The molecular formula is C26H28N4O6. The first-order valence-electron chi connectivity index (χ1n) is 11.7. The number of carbonyl (C=O) groups is 1. The largest absolute Gasteiger partial charge is 0.490 e. The van der Waals surface area contributed by atoms with Crippen molar-refractivity contribution in [1.29, 1.82) is 0 Å². The SMILES string of the molecule is C=CCc1cc(C=Nn2c(=O)[nH]c3ccccc3c2=O)cc(OCC)c1OCC(=O)N1CCOCC1. The number of aromatic amines is 1. The van der Waals surface area contributed by atoms with Crippen LogP contribution in [0.15, 0.2) is 63.7 Å². The fraction of sp³-hybridized carbons (Fsp3) is 0.308. The second-order valence-electron chi connectivity index (χ2n) is 8.05. The minimum absolute atomic E-state index is 0.133. The quantitative estimate of drug-likeness (QED) is 0.361. The number of para-hydroxylation sites is 1. The zero-order valence-electron chi connectivity index (χ0n) is 20.1. The Kier molecular flexibility index (Phi) is 7.96. The highest BCUT2D eigenvalue weighted by molar-refractivity contribution is 5.82. The Labute approximate surface area is 207 Å². The number of benzene rings is 2. The van der Waals surface area contributed by atoms with Gasteiger partial charge in [-0.25, -0.2) is 4.79 Å². The number of rotatable bonds is 9. The molecule has 1 N–H and O–H groups in total. The van der Waals surface area contributed by atoms with Gasteiger partial charge in [0.25, 0.3) is 11.5 Å². The van der Waals surface area contributed by atoms with E-state index in [1.54, 1.807) is 47.4 Å². The van der Waals surface area contributed by atoms with Gasteiger partial charge in [-0.1, -0.05) is 18.2 Å². The predicted molar refractivity (Wildman–Crippen MR) is 136 cm³/mol. The summed E-state index contributed by atoms with van der Waals surface area (Å²) in [5.74, 6) is 0.731. The molecule has 1 aliphatic rings. The van der Waals surface area contributed by atoms with Gasteiger partial charge >= 0.3 is 5.69 Å². The molecule has 10 heteroatoms. The number of morpholine rings is 1. The fourth-order valence-corrected chi connectivity index (χ4v) is 3.91. The lowest BCUT2D eigenvalue weighted by molar-refractivity contribution is -0.137. The molecule has 188 valence electrons. The number of amides is 1. The lowest BCUT2D eigenvalue weighted by Crippen LogP contribution is -2.43. The standard InChI is InChI=1S/C26H28N4O6/c1-3-7-19-14-18(16-27-30-25(32)20-8-5-6-9-21(20)28-26(30)33)15-22(35-4-2)24(19)36-17-23(31)29-10-12-34-13-11-29/h3,5-6,8-9,14-16H,1,4,7,10-13,17H2,2H3,(H,28,33). The number of nitrogens with one attached hydrogen (secondary N) is 1. The van der Waals surface area contributed by atoms with Gasteiger partial charge < -0.3 is 24.1 Å². The van der Waals surface area contributed by atoms with E-state index in [1.165, 1.54) is 6.21 Å². The third-order valence-electron chi connectivity index (χ3n) is 5.63. The van der Waals surface area contributed by atoms with Crippen molar-refractivity contribution >= 4 is 23.0 Å². The molecule has 0 radical (unpaired) electrons. The Hall–Kier alpha value is -4.18. The molecule has 1 amide bonds. The first kappa shape index (κ1) is 24.9. The fourth-order valence-electron chi connectivity index (χ4n) is 3.91. The first-order chi connectivity index (χ1) is 17.5. The summed E-state index contributed by atoms with van der Waals surface area (Å²) >= 11 is 0. The van der Waals surface area contributed by atoms with Crippen molar-refractivity contribution in [3.05, 3.63) is 81.0 Å². The van der Waals surface area contributed by atoms with Gasteiger partial charge in [0.05, 0.1) is 36.9 Å². The predicted octanol–water partition coefficient (Wildman–Crippen LogP) is 1.94. The maximum atomic E-state index is 12.8. The average molecular weight is 493 g/mol. The topological polar surface area (TPSA) is 115 Å². The highest BCUT2D eigenvalue weighted by Gasteiger charge is 2.20.